The molecule has 0 atom stereocenters. The summed E-state index contributed by atoms with van der Waals surface area (Å²) in [5.41, 5.74) is -1.83. The van der Waals surface area contributed by atoms with Crippen LogP contribution in [0.4, 0.5) is 13.2 Å². The van der Waals surface area contributed by atoms with Gasteiger partial charge in [-0.05, 0) is 18.6 Å². The van der Waals surface area contributed by atoms with Gasteiger partial charge in [0.1, 0.15) is 0 Å². The summed E-state index contributed by atoms with van der Waals surface area (Å²) >= 11 is 1.51. The average molecular weight is 303 g/mol. The molecule has 2 aromatic heterocycles. The maximum Gasteiger partial charge on any atom is 0.418 e. The monoisotopic (exact) mass is 303 g/mol. The molecule has 0 aliphatic heterocycles. The fraction of sp³-hybridized carbons (Fsp3) is 0.308. The highest BCUT2D eigenvalue weighted by molar-refractivity contribution is 7.11. The van der Waals surface area contributed by atoms with Crippen molar-refractivity contribution in [1.82, 2.24) is 4.57 Å². The Labute approximate surface area is 117 Å². The number of aromatic nitrogens is 1. The van der Waals surface area contributed by atoms with E-state index < -0.39 is 23.3 Å². The van der Waals surface area contributed by atoms with Crippen LogP contribution in [0.3, 0.4) is 0 Å². The van der Waals surface area contributed by atoms with E-state index in [-0.39, 0.29) is 6.54 Å². The van der Waals surface area contributed by atoms with E-state index in [1.165, 1.54) is 15.9 Å². The lowest BCUT2D eigenvalue weighted by atomic mass is 10.2. The van der Waals surface area contributed by atoms with Crippen molar-refractivity contribution in [1.29, 1.82) is 0 Å². The van der Waals surface area contributed by atoms with Gasteiger partial charge in [0, 0.05) is 22.1 Å². The highest BCUT2D eigenvalue weighted by Gasteiger charge is 2.37. The van der Waals surface area contributed by atoms with Crippen LogP contribution in [0.2, 0.25) is 0 Å². The number of nitrogens with zero attached hydrogens (tertiary/aromatic N) is 1. The normalized spacial score (nSPS) is 11.8. The molecule has 0 radical (unpaired) electrons. The van der Waals surface area contributed by atoms with E-state index in [2.05, 4.69) is 0 Å². The molecule has 7 heteroatoms. The molecule has 0 bridgehead atoms. The molecule has 3 nitrogen and oxygen atoms in total. The van der Waals surface area contributed by atoms with Gasteiger partial charge in [-0.2, -0.15) is 13.2 Å². The number of halogens is 3. The number of aromatic carboxylic acids is 1. The second kappa shape index (κ2) is 5.32. The Morgan fingerprint density at radius 2 is 1.95 bits per heavy atom. The Morgan fingerprint density at radius 1 is 1.30 bits per heavy atom. The average Bonchev–Trinajstić information content (AvgIpc) is 2.95. The van der Waals surface area contributed by atoms with E-state index in [1.54, 1.807) is 0 Å². The predicted octanol–water partition coefficient (Wildman–Crippen LogP) is 3.88. The number of aryl methyl sites for hydroxylation is 1. The molecule has 0 saturated carbocycles. The maximum atomic E-state index is 12.7. The Bertz CT molecular complexity index is 628. The minimum absolute atomic E-state index is 0.237. The summed E-state index contributed by atoms with van der Waals surface area (Å²) in [5, 5.41) is 8.84. The van der Waals surface area contributed by atoms with Crippen LogP contribution >= 0.6 is 11.3 Å². The highest BCUT2D eigenvalue weighted by Crippen LogP contribution is 2.33. The van der Waals surface area contributed by atoms with Crippen molar-refractivity contribution in [2.75, 3.05) is 0 Å². The first kappa shape index (κ1) is 14.6. The van der Waals surface area contributed by atoms with Crippen molar-refractivity contribution in [3.05, 3.63) is 45.4 Å². The van der Waals surface area contributed by atoms with Crippen LogP contribution in [0.1, 0.15) is 32.6 Å². The summed E-state index contributed by atoms with van der Waals surface area (Å²) in [5.74, 6) is -1.57. The smallest absolute Gasteiger partial charge is 0.418 e. The second-order valence-corrected chi connectivity index (χ2v) is 5.54. The van der Waals surface area contributed by atoms with Crippen LogP contribution in [0.25, 0.3) is 0 Å². The largest absolute Gasteiger partial charge is 0.478 e. The predicted molar refractivity (Wildman–Crippen MR) is 69.2 cm³/mol. The minimum Gasteiger partial charge on any atom is -0.478 e. The fourth-order valence-corrected chi connectivity index (χ4v) is 2.84. The molecule has 0 fully saturated rings. The number of carboxylic acids is 1. The number of hydrogen-bond acceptors (Lipinski definition) is 2. The number of thiophene rings is 1. The van der Waals surface area contributed by atoms with E-state index >= 15 is 0 Å². The van der Waals surface area contributed by atoms with Crippen molar-refractivity contribution in [3.63, 3.8) is 0 Å². The molecule has 0 unspecified atom stereocenters. The van der Waals surface area contributed by atoms with Gasteiger partial charge in [0.05, 0.1) is 17.7 Å². The molecule has 20 heavy (non-hydrogen) atoms. The van der Waals surface area contributed by atoms with Crippen LogP contribution in [-0.4, -0.2) is 15.6 Å². The maximum absolute atomic E-state index is 12.7. The Kier molecular flexibility index (Phi) is 3.89. The third kappa shape index (κ3) is 3.04. The molecule has 2 aromatic rings. The summed E-state index contributed by atoms with van der Waals surface area (Å²) in [6.45, 7) is 2.23. The molecule has 108 valence electrons. The Balaban J connectivity index is 2.31. The standard InChI is InChI=1S/C13H12F3NO2S/c1-2-8-3-4-9(20-8)5-17-6-10(12(18)19)11(7-17)13(14,15)16/h3-4,6-7H,2,5H2,1H3,(H,18,19). The van der Waals surface area contributed by atoms with E-state index in [4.69, 9.17) is 5.11 Å². The zero-order chi connectivity index (χ0) is 14.9. The first-order chi connectivity index (χ1) is 9.31. The quantitative estimate of drug-likeness (QED) is 0.931. The van der Waals surface area contributed by atoms with Crippen molar-refractivity contribution in [2.45, 2.75) is 26.1 Å². The molecule has 1 N–H and O–H groups in total. The summed E-state index contributed by atoms with van der Waals surface area (Å²) < 4.78 is 39.5. The first-order valence-corrected chi connectivity index (χ1v) is 6.70. The van der Waals surface area contributed by atoms with Gasteiger partial charge in [-0.15, -0.1) is 11.3 Å². The summed E-state index contributed by atoms with van der Waals surface area (Å²) in [7, 11) is 0. The van der Waals surface area contributed by atoms with Gasteiger partial charge in [0.25, 0.3) is 0 Å². The molecule has 0 saturated heterocycles. The zero-order valence-corrected chi connectivity index (χ0v) is 11.4. The van der Waals surface area contributed by atoms with E-state index in [1.807, 2.05) is 19.1 Å². The van der Waals surface area contributed by atoms with Gasteiger partial charge in [0.2, 0.25) is 0 Å². The minimum atomic E-state index is -4.66. The molecule has 0 amide bonds. The number of carboxylic acid groups (broad SMARTS) is 1. The molecular formula is C13H12F3NO2S. The first-order valence-electron chi connectivity index (χ1n) is 5.89. The number of carbonyl (C=O) groups is 1. The molecule has 2 heterocycles. The van der Waals surface area contributed by atoms with Crippen LogP contribution in [0.15, 0.2) is 24.5 Å². The lowest BCUT2D eigenvalue weighted by Crippen LogP contribution is -2.09. The van der Waals surface area contributed by atoms with Gasteiger partial charge in [-0.25, -0.2) is 4.79 Å². The number of alkyl halides is 3. The SMILES string of the molecule is CCc1ccc(Cn2cc(C(=O)O)c(C(F)(F)F)c2)s1. The van der Waals surface area contributed by atoms with E-state index in [0.29, 0.717) is 0 Å². The summed E-state index contributed by atoms with van der Waals surface area (Å²) in [4.78, 5) is 12.9. The Hall–Kier alpha value is -1.76. The molecule has 0 aliphatic carbocycles. The van der Waals surface area contributed by atoms with Crippen molar-refractivity contribution in [3.8, 4) is 0 Å². The summed E-state index contributed by atoms with van der Waals surface area (Å²) in [6, 6.07) is 3.77. The van der Waals surface area contributed by atoms with Gasteiger partial charge in [-0.1, -0.05) is 6.92 Å². The zero-order valence-electron chi connectivity index (χ0n) is 10.6. The number of hydrogen-bond donors (Lipinski definition) is 1. The van der Waals surface area contributed by atoms with E-state index in [9.17, 15) is 18.0 Å². The lowest BCUT2D eigenvalue weighted by molar-refractivity contribution is -0.138. The van der Waals surface area contributed by atoms with Gasteiger partial charge >= 0.3 is 12.1 Å². The molecule has 0 aliphatic rings. The second-order valence-electron chi connectivity index (χ2n) is 4.28. The topological polar surface area (TPSA) is 42.2 Å². The molecule has 2 rings (SSSR count). The number of rotatable bonds is 4. The van der Waals surface area contributed by atoms with Crippen LogP contribution in [0, 0.1) is 0 Å². The van der Waals surface area contributed by atoms with Gasteiger partial charge in [0.15, 0.2) is 0 Å². The molecule has 0 aromatic carbocycles. The third-order valence-electron chi connectivity index (χ3n) is 2.82. The van der Waals surface area contributed by atoms with Crippen molar-refractivity contribution >= 4 is 17.3 Å². The molecular weight excluding hydrogens is 291 g/mol. The third-order valence-corrected chi connectivity index (χ3v) is 4.03. The summed E-state index contributed by atoms with van der Waals surface area (Å²) in [6.07, 6.45) is -1.93. The fourth-order valence-electron chi connectivity index (χ4n) is 1.87. The van der Waals surface area contributed by atoms with E-state index in [0.717, 1.165) is 28.6 Å². The lowest BCUT2D eigenvalue weighted by Gasteiger charge is -2.04. The highest BCUT2D eigenvalue weighted by atomic mass is 32.1. The van der Waals surface area contributed by atoms with Crippen LogP contribution < -0.4 is 0 Å². The van der Waals surface area contributed by atoms with Gasteiger partial charge in [-0.3, -0.25) is 0 Å². The Morgan fingerprint density at radius 3 is 2.40 bits per heavy atom. The van der Waals surface area contributed by atoms with Crippen molar-refractivity contribution in [2.24, 2.45) is 0 Å². The van der Waals surface area contributed by atoms with Crippen LogP contribution in [0.5, 0.6) is 0 Å². The van der Waals surface area contributed by atoms with Gasteiger partial charge < -0.3 is 9.67 Å². The molecule has 0 spiro atoms. The van der Waals surface area contributed by atoms with Crippen molar-refractivity contribution < 1.29 is 23.1 Å². The van der Waals surface area contributed by atoms with Crippen LogP contribution in [-0.2, 0) is 19.1 Å².